The number of rotatable bonds is 7. The zero-order chi connectivity index (χ0) is 19.5. The second-order valence-corrected chi connectivity index (χ2v) is 7.82. The van der Waals surface area contributed by atoms with E-state index in [2.05, 4.69) is 15.6 Å². The molecule has 1 aromatic heterocycles. The van der Waals surface area contributed by atoms with Crippen molar-refractivity contribution < 1.29 is 19.1 Å². The summed E-state index contributed by atoms with van der Waals surface area (Å²) in [7, 11) is 0. The van der Waals surface area contributed by atoms with Crippen LogP contribution in [0.4, 0.5) is 5.69 Å². The van der Waals surface area contributed by atoms with Gasteiger partial charge < -0.3 is 20.1 Å². The standard InChI is InChI=1S/C20H21N3O4S/c1-12(13-4-5-13)22-19(25)15-3-2-8-21-20(15)28-10-18(24)23-14-6-7-16-17(9-14)27-11-26-16/h2-3,6-9,12-13H,4-5,10-11H2,1H3,(H,22,25)(H,23,24). The molecule has 2 heterocycles. The quantitative estimate of drug-likeness (QED) is 0.696. The molecule has 2 aromatic rings. The van der Waals surface area contributed by atoms with Gasteiger partial charge in [0.1, 0.15) is 5.03 Å². The molecule has 146 valence electrons. The predicted molar refractivity (Wildman–Crippen MR) is 106 cm³/mol. The third-order valence-electron chi connectivity index (χ3n) is 4.70. The number of hydrogen-bond donors (Lipinski definition) is 2. The lowest BCUT2D eigenvalue weighted by molar-refractivity contribution is -0.113. The van der Waals surface area contributed by atoms with Crippen LogP contribution in [0.1, 0.15) is 30.1 Å². The van der Waals surface area contributed by atoms with Gasteiger partial charge in [-0.2, -0.15) is 0 Å². The van der Waals surface area contributed by atoms with Crippen molar-refractivity contribution in [1.29, 1.82) is 0 Å². The van der Waals surface area contributed by atoms with Crippen LogP contribution in [0, 0.1) is 5.92 Å². The predicted octanol–water partition coefficient (Wildman–Crippen LogP) is 3.07. The molecule has 1 saturated carbocycles. The maximum Gasteiger partial charge on any atom is 0.254 e. The van der Waals surface area contributed by atoms with E-state index in [1.54, 1.807) is 36.5 Å². The number of amides is 2. The SMILES string of the molecule is CC(NC(=O)c1cccnc1SCC(=O)Nc1ccc2c(c1)OCO2)C1CC1. The molecule has 0 bridgehead atoms. The molecule has 1 unspecified atom stereocenters. The second-order valence-electron chi connectivity index (χ2n) is 6.86. The molecule has 0 radical (unpaired) electrons. The maximum absolute atomic E-state index is 12.6. The number of carbonyl (C=O) groups is 2. The highest BCUT2D eigenvalue weighted by atomic mass is 32.2. The Bertz CT molecular complexity index is 901. The Kier molecular flexibility index (Phi) is 5.38. The number of anilines is 1. The number of carbonyl (C=O) groups excluding carboxylic acids is 2. The largest absolute Gasteiger partial charge is 0.454 e. The van der Waals surface area contributed by atoms with Crippen LogP contribution in [0.2, 0.25) is 0 Å². The van der Waals surface area contributed by atoms with Crippen LogP contribution >= 0.6 is 11.8 Å². The number of ether oxygens (including phenoxy) is 2. The first-order valence-corrected chi connectivity index (χ1v) is 10.2. The molecule has 28 heavy (non-hydrogen) atoms. The number of nitrogens with one attached hydrogen (secondary N) is 2. The number of aromatic nitrogens is 1. The molecule has 1 atom stereocenters. The fourth-order valence-corrected chi connectivity index (χ4v) is 3.77. The molecule has 1 aromatic carbocycles. The van der Waals surface area contributed by atoms with Crippen molar-refractivity contribution in [2.24, 2.45) is 5.92 Å². The first kappa shape index (κ1) is 18.6. The topological polar surface area (TPSA) is 89.6 Å². The minimum Gasteiger partial charge on any atom is -0.454 e. The summed E-state index contributed by atoms with van der Waals surface area (Å²) in [5, 5.41) is 6.40. The first-order chi connectivity index (χ1) is 13.6. The number of hydrogen-bond acceptors (Lipinski definition) is 6. The third-order valence-corrected chi connectivity index (χ3v) is 5.71. The molecule has 2 aliphatic rings. The molecule has 2 N–H and O–H groups in total. The summed E-state index contributed by atoms with van der Waals surface area (Å²) in [4.78, 5) is 29.2. The normalized spacial score (nSPS) is 15.8. The molecule has 1 aliphatic heterocycles. The summed E-state index contributed by atoms with van der Waals surface area (Å²) in [6.07, 6.45) is 3.95. The third kappa shape index (κ3) is 4.39. The Hall–Kier alpha value is -2.74. The molecule has 0 spiro atoms. The molecule has 2 amide bonds. The van der Waals surface area contributed by atoms with Crippen molar-refractivity contribution in [3.05, 3.63) is 42.1 Å². The number of thioether (sulfide) groups is 1. The monoisotopic (exact) mass is 399 g/mol. The maximum atomic E-state index is 12.6. The Morgan fingerprint density at radius 1 is 1.25 bits per heavy atom. The molecule has 8 heteroatoms. The van der Waals surface area contributed by atoms with Gasteiger partial charge in [0.05, 0.1) is 11.3 Å². The highest BCUT2D eigenvalue weighted by Gasteiger charge is 2.29. The van der Waals surface area contributed by atoms with E-state index in [4.69, 9.17) is 9.47 Å². The first-order valence-electron chi connectivity index (χ1n) is 9.18. The Morgan fingerprint density at radius 3 is 2.89 bits per heavy atom. The number of pyridine rings is 1. The second kappa shape index (κ2) is 8.10. The van der Waals surface area contributed by atoms with Crippen molar-refractivity contribution >= 4 is 29.3 Å². The van der Waals surface area contributed by atoms with Gasteiger partial charge in [0.2, 0.25) is 12.7 Å². The summed E-state index contributed by atoms with van der Waals surface area (Å²) >= 11 is 1.24. The summed E-state index contributed by atoms with van der Waals surface area (Å²) in [6, 6.07) is 8.86. The average molecular weight is 399 g/mol. The number of benzene rings is 1. The van der Waals surface area contributed by atoms with Crippen LogP contribution in [0.15, 0.2) is 41.6 Å². The summed E-state index contributed by atoms with van der Waals surface area (Å²) in [5.74, 6) is 1.66. The van der Waals surface area contributed by atoms with Gasteiger partial charge in [-0.3, -0.25) is 9.59 Å². The molecular weight excluding hydrogens is 378 g/mol. The highest BCUT2D eigenvalue weighted by Crippen LogP contribution is 2.34. The fourth-order valence-electron chi connectivity index (χ4n) is 2.98. The lowest BCUT2D eigenvalue weighted by Crippen LogP contribution is -2.34. The van der Waals surface area contributed by atoms with Gasteiger partial charge in [0.15, 0.2) is 11.5 Å². The van der Waals surface area contributed by atoms with E-state index >= 15 is 0 Å². The summed E-state index contributed by atoms with van der Waals surface area (Å²) < 4.78 is 10.6. The smallest absolute Gasteiger partial charge is 0.254 e. The highest BCUT2D eigenvalue weighted by molar-refractivity contribution is 8.00. The van der Waals surface area contributed by atoms with Crippen molar-refractivity contribution in [2.75, 3.05) is 17.9 Å². The van der Waals surface area contributed by atoms with Crippen molar-refractivity contribution in [1.82, 2.24) is 10.3 Å². The van der Waals surface area contributed by atoms with Crippen molar-refractivity contribution in [3.8, 4) is 11.5 Å². The number of nitrogens with zero attached hydrogens (tertiary/aromatic N) is 1. The van der Waals surface area contributed by atoms with Gasteiger partial charge in [-0.1, -0.05) is 11.8 Å². The van der Waals surface area contributed by atoms with Crippen LogP contribution in [0.5, 0.6) is 11.5 Å². The van der Waals surface area contributed by atoms with Gasteiger partial charge in [0, 0.05) is 24.0 Å². The van der Waals surface area contributed by atoms with E-state index in [1.807, 2.05) is 6.92 Å². The lowest BCUT2D eigenvalue weighted by Gasteiger charge is -2.14. The fraction of sp³-hybridized carbons (Fsp3) is 0.350. The molecule has 4 rings (SSSR count). The zero-order valence-corrected chi connectivity index (χ0v) is 16.3. The van der Waals surface area contributed by atoms with Gasteiger partial charge in [-0.15, -0.1) is 0 Å². The molecule has 7 nitrogen and oxygen atoms in total. The van der Waals surface area contributed by atoms with E-state index < -0.39 is 0 Å². The van der Waals surface area contributed by atoms with E-state index in [0.717, 1.165) is 12.8 Å². The summed E-state index contributed by atoms with van der Waals surface area (Å²) in [6.45, 7) is 2.21. The van der Waals surface area contributed by atoms with Crippen LogP contribution in [-0.4, -0.2) is 35.4 Å². The Morgan fingerprint density at radius 2 is 2.07 bits per heavy atom. The minimum absolute atomic E-state index is 0.143. The van der Waals surface area contributed by atoms with Gasteiger partial charge >= 0.3 is 0 Å². The molecular formula is C20H21N3O4S. The molecule has 1 aliphatic carbocycles. The Balaban J connectivity index is 1.35. The minimum atomic E-state index is -0.188. The van der Waals surface area contributed by atoms with Crippen LogP contribution in [0.3, 0.4) is 0 Å². The van der Waals surface area contributed by atoms with Crippen molar-refractivity contribution in [2.45, 2.75) is 30.8 Å². The van der Waals surface area contributed by atoms with E-state index in [9.17, 15) is 9.59 Å². The van der Waals surface area contributed by atoms with Crippen LogP contribution in [0.25, 0.3) is 0 Å². The van der Waals surface area contributed by atoms with E-state index in [1.165, 1.54) is 11.8 Å². The van der Waals surface area contributed by atoms with Crippen LogP contribution in [-0.2, 0) is 4.79 Å². The van der Waals surface area contributed by atoms with Crippen molar-refractivity contribution in [3.63, 3.8) is 0 Å². The number of fused-ring (bicyclic) bond motifs is 1. The molecule has 1 fully saturated rings. The lowest BCUT2D eigenvalue weighted by atomic mass is 10.2. The van der Waals surface area contributed by atoms with Gasteiger partial charge in [-0.25, -0.2) is 4.98 Å². The Labute approximate surface area is 167 Å². The molecule has 0 saturated heterocycles. The van der Waals surface area contributed by atoms with Crippen LogP contribution < -0.4 is 20.1 Å². The van der Waals surface area contributed by atoms with E-state index in [0.29, 0.717) is 33.7 Å². The van der Waals surface area contributed by atoms with E-state index in [-0.39, 0.29) is 30.4 Å². The van der Waals surface area contributed by atoms with Gasteiger partial charge in [-0.05, 0) is 49.9 Å². The average Bonchev–Trinajstić information content (AvgIpc) is 3.45. The summed E-state index contributed by atoms with van der Waals surface area (Å²) in [5.41, 5.74) is 1.13. The van der Waals surface area contributed by atoms with Gasteiger partial charge in [0.25, 0.3) is 5.91 Å². The zero-order valence-electron chi connectivity index (χ0n) is 15.4.